The number of nitrogens with zero attached hydrogens (tertiary/aromatic N) is 2. The van der Waals surface area contributed by atoms with E-state index in [9.17, 15) is 9.90 Å². The van der Waals surface area contributed by atoms with Gasteiger partial charge in [0.1, 0.15) is 11.6 Å². The van der Waals surface area contributed by atoms with Gasteiger partial charge in [0, 0.05) is 12.6 Å². The number of aryl methyl sites for hydroxylation is 1. The Morgan fingerprint density at radius 1 is 1.43 bits per heavy atom. The molecule has 0 bridgehead atoms. The Labute approximate surface area is 124 Å². The van der Waals surface area contributed by atoms with Gasteiger partial charge in [-0.25, -0.2) is 4.98 Å². The molecule has 1 saturated carbocycles. The van der Waals surface area contributed by atoms with Crippen molar-refractivity contribution in [3.8, 4) is 5.88 Å². The lowest BCUT2D eigenvalue weighted by atomic mass is 9.79. The Balaban J connectivity index is 1.99. The van der Waals surface area contributed by atoms with Crippen LogP contribution < -0.4 is 10.1 Å². The lowest BCUT2D eigenvalue weighted by Crippen LogP contribution is -2.31. The summed E-state index contributed by atoms with van der Waals surface area (Å²) in [6.45, 7) is 4.90. The molecule has 116 valence electrons. The molecule has 1 aromatic rings. The maximum absolute atomic E-state index is 11.3. The van der Waals surface area contributed by atoms with E-state index in [0.29, 0.717) is 30.7 Å². The standard InChI is InChI=1S/C15H23N3O3/c1-3-21-14-8-13(17-10(2)18-14)16-9-11-6-4-5-7-12(11)15(19)20/h8,11-12H,3-7,9H2,1-2H3,(H,19,20)(H,16,17,18). The summed E-state index contributed by atoms with van der Waals surface area (Å²) in [5.41, 5.74) is 0. The van der Waals surface area contributed by atoms with Crippen LogP contribution in [0.25, 0.3) is 0 Å². The van der Waals surface area contributed by atoms with Crippen molar-refractivity contribution in [2.24, 2.45) is 11.8 Å². The van der Waals surface area contributed by atoms with Gasteiger partial charge in [-0.15, -0.1) is 0 Å². The molecule has 21 heavy (non-hydrogen) atoms. The molecule has 2 atom stereocenters. The quantitative estimate of drug-likeness (QED) is 0.838. The summed E-state index contributed by atoms with van der Waals surface area (Å²) in [6.07, 6.45) is 3.83. The average molecular weight is 293 g/mol. The van der Waals surface area contributed by atoms with Gasteiger partial charge in [0.25, 0.3) is 0 Å². The minimum atomic E-state index is -0.685. The van der Waals surface area contributed by atoms with E-state index in [1.54, 1.807) is 6.07 Å². The second-order valence-electron chi connectivity index (χ2n) is 5.44. The Hall–Kier alpha value is -1.85. The molecule has 0 spiro atoms. The van der Waals surface area contributed by atoms with Crippen LogP contribution in [0.3, 0.4) is 0 Å². The Morgan fingerprint density at radius 2 is 2.19 bits per heavy atom. The van der Waals surface area contributed by atoms with Crippen molar-refractivity contribution in [2.75, 3.05) is 18.5 Å². The van der Waals surface area contributed by atoms with Crippen LogP contribution in [0.4, 0.5) is 5.82 Å². The summed E-state index contributed by atoms with van der Waals surface area (Å²) in [5.74, 6) is 1.10. The topological polar surface area (TPSA) is 84.3 Å². The van der Waals surface area contributed by atoms with E-state index in [1.807, 2.05) is 13.8 Å². The number of hydrogen-bond donors (Lipinski definition) is 2. The zero-order valence-electron chi connectivity index (χ0n) is 12.6. The average Bonchev–Trinajstić information content (AvgIpc) is 2.45. The van der Waals surface area contributed by atoms with Gasteiger partial charge in [-0.1, -0.05) is 12.8 Å². The molecule has 6 nitrogen and oxygen atoms in total. The van der Waals surface area contributed by atoms with E-state index >= 15 is 0 Å². The molecule has 0 aliphatic heterocycles. The third-order valence-electron chi connectivity index (χ3n) is 3.88. The number of ether oxygens (including phenoxy) is 1. The summed E-state index contributed by atoms with van der Waals surface area (Å²) >= 11 is 0. The SMILES string of the molecule is CCOc1cc(NCC2CCCCC2C(=O)O)nc(C)n1. The smallest absolute Gasteiger partial charge is 0.306 e. The summed E-state index contributed by atoms with van der Waals surface area (Å²) in [5, 5.41) is 12.5. The van der Waals surface area contributed by atoms with Crippen molar-refractivity contribution in [1.82, 2.24) is 9.97 Å². The first-order valence-corrected chi connectivity index (χ1v) is 7.55. The van der Waals surface area contributed by atoms with Gasteiger partial charge in [0.05, 0.1) is 12.5 Å². The highest BCUT2D eigenvalue weighted by molar-refractivity contribution is 5.70. The molecule has 0 radical (unpaired) electrons. The largest absolute Gasteiger partial charge is 0.481 e. The Morgan fingerprint density at radius 3 is 2.90 bits per heavy atom. The van der Waals surface area contributed by atoms with Crippen molar-refractivity contribution < 1.29 is 14.6 Å². The van der Waals surface area contributed by atoms with Crippen LogP contribution in [0.1, 0.15) is 38.4 Å². The molecule has 1 fully saturated rings. The van der Waals surface area contributed by atoms with E-state index in [4.69, 9.17) is 4.74 Å². The zero-order chi connectivity index (χ0) is 15.2. The van der Waals surface area contributed by atoms with Gasteiger partial charge in [-0.05, 0) is 32.6 Å². The summed E-state index contributed by atoms with van der Waals surface area (Å²) < 4.78 is 5.39. The van der Waals surface area contributed by atoms with Gasteiger partial charge < -0.3 is 15.2 Å². The molecular formula is C15H23N3O3. The molecule has 1 heterocycles. The number of carboxylic acid groups (broad SMARTS) is 1. The van der Waals surface area contributed by atoms with Gasteiger partial charge in [0.2, 0.25) is 5.88 Å². The van der Waals surface area contributed by atoms with Crippen LogP contribution in [0.5, 0.6) is 5.88 Å². The number of carboxylic acids is 1. The van der Waals surface area contributed by atoms with Crippen LogP contribution in [0.2, 0.25) is 0 Å². The van der Waals surface area contributed by atoms with E-state index in [0.717, 1.165) is 25.7 Å². The van der Waals surface area contributed by atoms with Gasteiger partial charge in [0.15, 0.2) is 0 Å². The van der Waals surface area contributed by atoms with Crippen LogP contribution >= 0.6 is 0 Å². The molecule has 1 aliphatic carbocycles. The molecule has 1 aromatic heterocycles. The van der Waals surface area contributed by atoms with Crippen LogP contribution in [-0.2, 0) is 4.79 Å². The monoisotopic (exact) mass is 293 g/mol. The highest BCUT2D eigenvalue weighted by Gasteiger charge is 2.30. The molecule has 2 N–H and O–H groups in total. The van der Waals surface area contributed by atoms with Crippen LogP contribution in [0, 0.1) is 18.8 Å². The molecule has 2 unspecified atom stereocenters. The number of aliphatic carboxylic acids is 1. The number of hydrogen-bond acceptors (Lipinski definition) is 5. The van der Waals surface area contributed by atoms with Gasteiger partial charge in [-0.3, -0.25) is 4.79 Å². The normalized spacial score (nSPS) is 21.8. The first-order valence-electron chi connectivity index (χ1n) is 7.55. The van der Waals surface area contributed by atoms with E-state index in [1.165, 1.54) is 0 Å². The lowest BCUT2D eigenvalue weighted by Gasteiger charge is -2.28. The minimum Gasteiger partial charge on any atom is -0.481 e. The third kappa shape index (κ3) is 4.31. The summed E-state index contributed by atoms with van der Waals surface area (Å²) in [6, 6.07) is 1.76. The van der Waals surface area contributed by atoms with Crippen molar-refractivity contribution in [2.45, 2.75) is 39.5 Å². The van der Waals surface area contributed by atoms with Gasteiger partial charge >= 0.3 is 5.97 Å². The molecule has 0 aromatic carbocycles. The molecule has 6 heteroatoms. The predicted molar refractivity (Wildman–Crippen MR) is 79.5 cm³/mol. The number of aromatic nitrogens is 2. The molecular weight excluding hydrogens is 270 g/mol. The number of nitrogens with one attached hydrogen (secondary N) is 1. The predicted octanol–water partition coefficient (Wildman–Crippen LogP) is 2.49. The van der Waals surface area contributed by atoms with E-state index in [2.05, 4.69) is 15.3 Å². The zero-order valence-corrected chi connectivity index (χ0v) is 12.6. The lowest BCUT2D eigenvalue weighted by molar-refractivity contribution is -0.144. The second-order valence-corrected chi connectivity index (χ2v) is 5.44. The second kappa shape index (κ2) is 7.24. The maximum Gasteiger partial charge on any atom is 0.306 e. The summed E-state index contributed by atoms with van der Waals surface area (Å²) in [7, 11) is 0. The molecule has 0 amide bonds. The third-order valence-corrected chi connectivity index (χ3v) is 3.88. The van der Waals surface area contributed by atoms with Gasteiger partial charge in [-0.2, -0.15) is 4.98 Å². The number of anilines is 1. The van der Waals surface area contributed by atoms with Crippen molar-refractivity contribution in [3.63, 3.8) is 0 Å². The first kappa shape index (κ1) is 15.5. The molecule has 2 rings (SSSR count). The fourth-order valence-electron chi connectivity index (χ4n) is 2.87. The summed E-state index contributed by atoms with van der Waals surface area (Å²) in [4.78, 5) is 19.8. The fourth-order valence-corrected chi connectivity index (χ4v) is 2.87. The Kier molecular flexibility index (Phi) is 5.36. The maximum atomic E-state index is 11.3. The van der Waals surface area contributed by atoms with Crippen LogP contribution in [-0.4, -0.2) is 34.2 Å². The van der Waals surface area contributed by atoms with Crippen molar-refractivity contribution >= 4 is 11.8 Å². The van der Waals surface area contributed by atoms with E-state index in [-0.39, 0.29) is 11.8 Å². The molecule has 1 aliphatic rings. The number of rotatable bonds is 6. The molecule has 0 saturated heterocycles. The highest BCUT2D eigenvalue weighted by Crippen LogP contribution is 2.30. The Bertz CT molecular complexity index is 493. The highest BCUT2D eigenvalue weighted by atomic mass is 16.5. The minimum absolute atomic E-state index is 0.155. The fraction of sp³-hybridized carbons (Fsp3) is 0.667. The van der Waals surface area contributed by atoms with Crippen LogP contribution in [0.15, 0.2) is 6.07 Å². The van der Waals surface area contributed by atoms with Crippen molar-refractivity contribution in [1.29, 1.82) is 0 Å². The van der Waals surface area contributed by atoms with Crippen molar-refractivity contribution in [3.05, 3.63) is 11.9 Å². The van der Waals surface area contributed by atoms with E-state index < -0.39 is 5.97 Å². The number of carbonyl (C=O) groups is 1. The first-order chi connectivity index (χ1) is 10.1.